The minimum atomic E-state index is -3.22. The van der Waals surface area contributed by atoms with Crippen LogP contribution in [-0.2, 0) is 15.6 Å². The third-order valence-electron chi connectivity index (χ3n) is 4.72. The molecule has 0 radical (unpaired) electrons. The predicted octanol–water partition coefficient (Wildman–Crippen LogP) is 3.12. The molecule has 1 fully saturated rings. The van der Waals surface area contributed by atoms with Crippen LogP contribution in [0.25, 0.3) is 0 Å². The molecular formula is C17H27NO2S. The number of nitrogens with two attached hydrogens (primary N) is 1. The second-order valence-electron chi connectivity index (χ2n) is 7.25. The molecule has 0 bridgehead atoms. The molecule has 0 amide bonds. The van der Waals surface area contributed by atoms with Crippen LogP contribution in [0.2, 0.25) is 0 Å². The quantitative estimate of drug-likeness (QED) is 0.933. The van der Waals surface area contributed by atoms with Gasteiger partial charge in [0.25, 0.3) is 0 Å². The first-order valence-electron chi connectivity index (χ1n) is 7.66. The standard InChI is InChI=1S/C17H27NO2S/c1-12-8-13(2)10-14(9-12)11-21(19,20)15-6-5-7-17(3,4)16(15)18/h8-10,15-16H,5-7,11,18H2,1-4H3. The van der Waals surface area contributed by atoms with Crippen molar-refractivity contribution in [2.24, 2.45) is 11.1 Å². The summed E-state index contributed by atoms with van der Waals surface area (Å²) in [7, 11) is -3.22. The van der Waals surface area contributed by atoms with E-state index in [1.165, 1.54) is 0 Å². The molecule has 1 aliphatic rings. The Bertz CT molecular complexity index is 599. The third kappa shape index (κ3) is 3.67. The lowest BCUT2D eigenvalue weighted by Crippen LogP contribution is -2.52. The molecule has 2 N–H and O–H groups in total. The fourth-order valence-corrected chi connectivity index (χ4v) is 5.69. The van der Waals surface area contributed by atoms with Crippen molar-refractivity contribution in [3.05, 3.63) is 34.9 Å². The zero-order chi connectivity index (χ0) is 15.8. The van der Waals surface area contributed by atoms with E-state index in [9.17, 15) is 8.42 Å². The summed E-state index contributed by atoms with van der Waals surface area (Å²) < 4.78 is 25.6. The second kappa shape index (κ2) is 5.73. The zero-order valence-corrected chi connectivity index (χ0v) is 14.3. The highest BCUT2D eigenvalue weighted by molar-refractivity contribution is 7.91. The smallest absolute Gasteiger partial charge is 0.158 e. The molecular weight excluding hydrogens is 282 g/mol. The summed E-state index contributed by atoms with van der Waals surface area (Å²) in [5.74, 6) is 0.101. The number of sulfone groups is 1. The zero-order valence-electron chi connectivity index (χ0n) is 13.5. The minimum Gasteiger partial charge on any atom is -0.326 e. The normalized spacial score (nSPS) is 25.8. The number of benzene rings is 1. The predicted molar refractivity (Wildman–Crippen MR) is 87.9 cm³/mol. The summed E-state index contributed by atoms with van der Waals surface area (Å²) in [6.07, 6.45) is 2.64. The number of hydrogen-bond donors (Lipinski definition) is 1. The summed E-state index contributed by atoms with van der Waals surface area (Å²) in [5, 5.41) is -0.415. The van der Waals surface area contributed by atoms with Crippen molar-refractivity contribution in [2.75, 3.05) is 0 Å². The molecule has 0 saturated heterocycles. The number of hydrogen-bond acceptors (Lipinski definition) is 3. The molecule has 3 nitrogen and oxygen atoms in total. The van der Waals surface area contributed by atoms with Gasteiger partial charge in [-0.05, 0) is 37.7 Å². The van der Waals surface area contributed by atoms with E-state index in [0.717, 1.165) is 29.5 Å². The molecule has 2 rings (SSSR count). The molecule has 2 atom stereocenters. The van der Waals surface area contributed by atoms with Gasteiger partial charge in [0.15, 0.2) is 9.84 Å². The van der Waals surface area contributed by atoms with Crippen LogP contribution in [0.15, 0.2) is 18.2 Å². The highest BCUT2D eigenvalue weighted by Gasteiger charge is 2.42. The van der Waals surface area contributed by atoms with Crippen LogP contribution in [0.4, 0.5) is 0 Å². The van der Waals surface area contributed by atoms with E-state index in [1.807, 2.05) is 26.0 Å². The first-order chi connectivity index (χ1) is 9.62. The monoisotopic (exact) mass is 309 g/mol. The molecule has 1 saturated carbocycles. The Labute approximate surface area is 128 Å². The van der Waals surface area contributed by atoms with Gasteiger partial charge in [-0.3, -0.25) is 0 Å². The van der Waals surface area contributed by atoms with Crippen LogP contribution in [-0.4, -0.2) is 19.7 Å². The van der Waals surface area contributed by atoms with E-state index >= 15 is 0 Å². The van der Waals surface area contributed by atoms with Crippen molar-refractivity contribution in [3.63, 3.8) is 0 Å². The van der Waals surface area contributed by atoms with E-state index in [0.29, 0.717) is 6.42 Å². The Morgan fingerprint density at radius 1 is 1.19 bits per heavy atom. The van der Waals surface area contributed by atoms with Crippen LogP contribution in [0.1, 0.15) is 49.8 Å². The summed E-state index contributed by atoms with van der Waals surface area (Å²) >= 11 is 0. The van der Waals surface area contributed by atoms with Crippen molar-refractivity contribution < 1.29 is 8.42 Å². The molecule has 0 aromatic heterocycles. The maximum absolute atomic E-state index is 12.8. The minimum absolute atomic E-state index is 0.0987. The van der Waals surface area contributed by atoms with Gasteiger partial charge in [-0.15, -0.1) is 0 Å². The van der Waals surface area contributed by atoms with Gasteiger partial charge in [-0.1, -0.05) is 49.6 Å². The molecule has 4 heteroatoms. The Hall–Kier alpha value is -0.870. The first-order valence-corrected chi connectivity index (χ1v) is 9.38. The maximum atomic E-state index is 12.8. The average molecular weight is 309 g/mol. The highest BCUT2D eigenvalue weighted by atomic mass is 32.2. The van der Waals surface area contributed by atoms with E-state index < -0.39 is 15.1 Å². The van der Waals surface area contributed by atoms with Crippen molar-refractivity contribution in [1.29, 1.82) is 0 Å². The molecule has 21 heavy (non-hydrogen) atoms. The lowest BCUT2D eigenvalue weighted by atomic mass is 9.73. The van der Waals surface area contributed by atoms with E-state index in [-0.39, 0.29) is 17.2 Å². The molecule has 0 spiro atoms. The Kier molecular flexibility index (Phi) is 4.50. The lowest BCUT2D eigenvalue weighted by Gasteiger charge is -2.41. The van der Waals surface area contributed by atoms with Gasteiger partial charge in [0.2, 0.25) is 0 Å². The van der Waals surface area contributed by atoms with Crippen molar-refractivity contribution in [3.8, 4) is 0 Å². The van der Waals surface area contributed by atoms with E-state index in [2.05, 4.69) is 19.9 Å². The molecule has 1 aromatic carbocycles. The first kappa shape index (κ1) is 16.5. The summed E-state index contributed by atoms with van der Waals surface area (Å²) in [5.41, 5.74) is 9.27. The van der Waals surface area contributed by atoms with Crippen LogP contribution in [0.3, 0.4) is 0 Å². The number of rotatable bonds is 3. The fourth-order valence-electron chi connectivity index (χ4n) is 3.50. The van der Waals surface area contributed by atoms with Crippen LogP contribution < -0.4 is 5.73 Å². The van der Waals surface area contributed by atoms with Crippen molar-refractivity contribution >= 4 is 9.84 Å². The Balaban J connectivity index is 2.25. The highest BCUT2D eigenvalue weighted by Crippen LogP contribution is 2.38. The maximum Gasteiger partial charge on any atom is 0.158 e. The second-order valence-corrected chi connectivity index (χ2v) is 9.47. The van der Waals surface area contributed by atoms with E-state index in [1.54, 1.807) is 0 Å². The van der Waals surface area contributed by atoms with Crippen LogP contribution in [0, 0.1) is 19.3 Å². The van der Waals surface area contributed by atoms with Crippen molar-refractivity contribution in [1.82, 2.24) is 0 Å². The summed E-state index contributed by atoms with van der Waals surface area (Å²) in [4.78, 5) is 0. The summed E-state index contributed by atoms with van der Waals surface area (Å²) in [6.45, 7) is 8.16. The van der Waals surface area contributed by atoms with Crippen LogP contribution in [0.5, 0.6) is 0 Å². The summed E-state index contributed by atoms with van der Waals surface area (Å²) in [6, 6.07) is 5.71. The van der Waals surface area contributed by atoms with Crippen LogP contribution >= 0.6 is 0 Å². The molecule has 2 unspecified atom stereocenters. The Morgan fingerprint density at radius 3 is 2.33 bits per heavy atom. The molecule has 1 aromatic rings. The van der Waals surface area contributed by atoms with Gasteiger partial charge in [-0.2, -0.15) is 0 Å². The van der Waals surface area contributed by atoms with Gasteiger partial charge in [0, 0.05) is 6.04 Å². The molecule has 1 aliphatic carbocycles. The van der Waals surface area contributed by atoms with Gasteiger partial charge in [0.1, 0.15) is 0 Å². The molecule has 0 heterocycles. The van der Waals surface area contributed by atoms with Gasteiger partial charge in [-0.25, -0.2) is 8.42 Å². The van der Waals surface area contributed by atoms with Gasteiger partial charge >= 0.3 is 0 Å². The fraction of sp³-hybridized carbons (Fsp3) is 0.647. The largest absolute Gasteiger partial charge is 0.326 e. The number of aryl methyl sites for hydroxylation is 2. The van der Waals surface area contributed by atoms with E-state index in [4.69, 9.17) is 5.73 Å². The molecule has 118 valence electrons. The lowest BCUT2D eigenvalue weighted by molar-refractivity contribution is 0.204. The Morgan fingerprint density at radius 2 is 1.76 bits per heavy atom. The third-order valence-corrected chi connectivity index (χ3v) is 6.91. The van der Waals surface area contributed by atoms with Gasteiger partial charge < -0.3 is 5.73 Å². The average Bonchev–Trinajstić information content (AvgIpc) is 2.30. The molecule has 0 aliphatic heterocycles. The topological polar surface area (TPSA) is 60.2 Å². The van der Waals surface area contributed by atoms with Crippen molar-refractivity contribution in [2.45, 2.75) is 64.0 Å². The van der Waals surface area contributed by atoms with Gasteiger partial charge in [0.05, 0.1) is 11.0 Å². The SMILES string of the molecule is Cc1cc(C)cc(CS(=O)(=O)C2CCCC(C)(C)C2N)c1.